The number of carboxylic acid groups (broad SMARTS) is 1. The predicted octanol–water partition coefficient (Wildman–Crippen LogP) is 5.39. The number of thiol groups is 1. The average molecular weight is 605 g/mol. The number of H-pyrrole nitrogens is 1. The molecule has 0 saturated carbocycles. The maximum absolute atomic E-state index is 14.3. The zero-order chi connectivity index (χ0) is 31.0. The van der Waals surface area contributed by atoms with Gasteiger partial charge in [0.1, 0.15) is 12.3 Å². The zero-order valence-corrected chi connectivity index (χ0v) is 23.9. The Labute approximate surface area is 252 Å². The van der Waals surface area contributed by atoms with Crippen molar-refractivity contribution in [3.63, 3.8) is 0 Å². The first kappa shape index (κ1) is 32.1. The Morgan fingerprint density at radius 2 is 1.81 bits per heavy atom. The first-order valence-electron chi connectivity index (χ1n) is 12.7. The highest BCUT2D eigenvalue weighted by Crippen LogP contribution is 2.27. The van der Waals surface area contributed by atoms with Gasteiger partial charge in [0.25, 0.3) is 11.8 Å². The zero-order valence-electron chi connectivity index (χ0n) is 23.0. The molecule has 0 atom stereocenters. The summed E-state index contributed by atoms with van der Waals surface area (Å²) in [6.07, 6.45) is 9.20. The number of nitrogens with zero attached hydrogens (tertiary/aromatic N) is 4. The summed E-state index contributed by atoms with van der Waals surface area (Å²) in [5.41, 5.74) is 3.40. The molecule has 0 unspecified atom stereocenters. The number of benzene rings is 2. The molecule has 0 aliphatic rings. The quantitative estimate of drug-likeness (QED) is 0.111. The first-order valence-corrected chi connectivity index (χ1v) is 13.6. The lowest BCUT2D eigenvalue weighted by atomic mass is 10.1. The topological polar surface area (TPSA) is 155 Å². The first-order chi connectivity index (χ1) is 20.9. The fourth-order valence-electron chi connectivity index (χ4n) is 3.49. The van der Waals surface area contributed by atoms with Crippen LogP contribution in [0.5, 0.6) is 11.6 Å². The Kier molecular flexibility index (Phi) is 12.5. The molecule has 3 aromatic heterocycles. The molecule has 0 aliphatic heterocycles. The van der Waals surface area contributed by atoms with Crippen molar-refractivity contribution in [1.29, 1.82) is 0 Å². The molecule has 0 saturated heterocycles. The van der Waals surface area contributed by atoms with E-state index in [2.05, 4.69) is 38.2 Å². The van der Waals surface area contributed by atoms with Crippen molar-refractivity contribution in [2.45, 2.75) is 6.54 Å². The molecule has 11 nitrogen and oxygen atoms in total. The fraction of sp³-hybridized carbons (Fsp3) is 0.100. The van der Waals surface area contributed by atoms with E-state index in [9.17, 15) is 14.0 Å². The lowest BCUT2D eigenvalue weighted by Gasteiger charge is -2.07. The van der Waals surface area contributed by atoms with Gasteiger partial charge in [0.2, 0.25) is 0 Å². The van der Waals surface area contributed by atoms with Gasteiger partial charge in [-0.05, 0) is 66.9 Å². The van der Waals surface area contributed by atoms with Gasteiger partial charge in [-0.3, -0.25) is 19.4 Å². The molecule has 222 valence electrons. The molecule has 0 fully saturated rings. The van der Waals surface area contributed by atoms with Crippen LogP contribution in [0.1, 0.15) is 10.4 Å². The number of ether oxygens (including phenoxy) is 1. The van der Waals surface area contributed by atoms with Crippen LogP contribution in [0.15, 0.2) is 104 Å². The van der Waals surface area contributed by atoms with Crippen LogP contribution in [0.3, 0.4) is 0 Å². The Hall–Kier alpha value is -5.43. The van der Waals surface area contributed by atoms with Crippen LogP contribution in [0.4, 0.5) is 4.39 Å². The normalized spacial score (nSPS) is 10.2. The number of aromatic amines is 1. The van der Waals surface area contributed by atoms with Crippen LogP contribution < -0.4 is 10.1 Å². The number of hydrogen-bond donors (Lipinski definition) is 5. The third kappa shape index (κ3) is 9.86. The van der Waals surface area contributed by atoms with Gasteiger partial charge in [0.15, 0.2) is 5.82 Å². The molecule has 0 aliphatic carbocycles. The van der Waals surface area contributed by atoms with Crippen molar-refractivity contribution in [2.24, 2.45) is 0 Å². The lowest BCUT2D eigenvalue weighted by Crippen LogP contribution is -2.29. The van der Waals surface area contributed by atoms with Crippen LogP contribution in [0.2, 0.25) is 0 Å². The summed E-state index contributed by atoms with van der Waals surface area (Å²) in [6, 6.07) is 20.5. The summed E-state index contributed by atoms with van der Waals surface area (Å²) >= 11 is 3.53. The third-order valence-corrected chi connectivity index (χ3v) is 5.46. The lowest BCUT2D eigenvalue weighted by molar-refractivity contribution is -0.135. The second-order valence-electron chi connectivity index (χ2n) is 8.36. The Morgan fingerprint density at radius 3 is 2.44 bits per heavy atom. The molecule has 1 amide bonds. The van der Waals surface area contributed by atoms with Gasteiger partial charge in [-0.2, -0.15) is 22.8 Å². The number of aliphatic hydroxyl groups excluding tert-OH is 1. The number of aliphatic carboxylic acids is 1. The Morgan fingerprint density at radius 1 is 1.07 bits per heavy atom. The molecule has 2 aromatic carbocycles. The molecule has 5 aromatic rings. The summed E-state index contributed by atoms with van der Waals surface area (Å²) in [6.45, 7) is 0.130. The highest BCUT2D eigenvalue weighted by Gasteiger charge is 2.11. The van der Waals surface area contributed by atoms with E-state index in [1.165, 1.54) is 12.3 Å². The minimum absolute atomic E-state index is 0.101. The van der Waals surface area contributed by atoms with E-state index in [0.29, 0.717) is 29.1 Å². The third-order valence-electron chi connectivity index (χ3n) is 5.46. The molecule has 13 heteroatoms. The molecular weight excluding hydrogens is 575 g/mol. The van der Waals surface area contributed by atoms with Gasteiger partial charge in [-0.15, -0.1) is 0 Å². The standard InChI is InChI=1S/C20H16FN5O2.C9H9NO3.CH4S/c21-17-12-15(18-6-8-23-24-18)13-22-20(17)28-16-4-2-14(3-5-16)19-7-10-26(25-19)9-1-11-27;11-8(12)6-10-9(13)7-4-2-1-3-5-7;1-2/h1-8,10-13,27H,9H2,(H,23,24);1-5H,6H2,(H,10,13)(H,11,12);2H,1H3/b11-1+;;. The number of pyridine rings is 1. The van der Waals surface area contributed by atoms with E-state index < -0.39 is 11.8 Å². The largest absolute Gasteiger partial charge is 0.516 e. The van der Waals surface area contributed by atoms with Gasteiger partial charge in [0.05, 0.1) is 24.2 Å². The maximum atomic E-state index is 14.3. The molecular formula is C30H29FN6O5S. The number of hydrogen-bond acceptors (Lipinski definition) is 8. The van der Waals surface area contributed by atoms with Gasteiger partial charge in [-0.25, -0.2) is 9.37 Å². The monoisotopic (exact) mass is 604 g/mol. The van der Waals surface area contributed by atoms with Crippen molar-refractivity contribution >= 4 is 24.5 Å². The number of amides is 1. The van der Waals surface area contributed by atoms with Crippen molar-refractivity contribution in [1.82, 2.24) is 30.3 Å². The van der Waals surface area contributed by atoms with Crippen molar-refractivity contribution in [2.75, 3.05) is 12.8 Å². The number of aliphatic hydroxyl groups is 1. The summed E-state index contributed by atoms with van der Waals surface area (Å²) in [5.74, 6) is -1.62. The van der Waals surface area contributed by atoms with E-state index >= 15 is 0 Å². The fourth-order valence-corrected chi connectivity index (χ4v) is 3.49. The summed E-state index contributed by atoms with van der Waals surface area (Å²) < 4.78 is 21.6. The maximum Gasteiger partial charge on any atom is 0.322 e. The van der Waals surface area contributed by atoms with E-state index in [4.69, 9.17) is 14.9 Å². The van der Waals surface area contributed by atoms with Crippen molar-refractivity contribution in [3.05, 3.63) is 115 Å². The number of aromatic nitrogens is 5. The van der Waals surface area contributed by atoms with E-state index in [1.54, 1.807) is 71.7 Å². The second-order valence-corrected chi connectivity index (χ2v) is 8.36. The number of carbonyl (C=O) groups excluding carboxylic acids is 1. The van der Waals surface area contributed by atoms with Gasteiger partial charge < -0.3 is 20.3 Å². The van der Waals surface area contributed by atoms with Crippen LogP contribution in [-0.2, 0) is 11.3 Å². The molecule has 0 bridgehead atoms. The number of rotatable bonds is 9. The number of halogens is 1. The summed E-state index contributed by atoms with van der Waals surface area (Å²) in [5, 5.41) is 30.3. The van der Waals surface area contributed by atoms with E-state index in [-0.39, 0.29) is 18.3 Å². The van der Waals surface area contributed by atoms with Crippen LogP contribution in [0.25, 0.3) is 22.5 Å². The smallest absolute Gasteiger partial charge is 0.322 e. The summed E-state index contributed by atoms with van der Waals surface area (Å²) in [4.78, 5) is 25.3. The Bertz CT molecular complexity index is 1610. The van der Waals surface area contributed by atoms with Gasteiger partial charge in [0, 0.05) is 35.3 Å². The average Bonchev–Trinajstić information content (AvgIpc) is 3.75. The van der Waals surface area contributed by atoms with Crippen molar-refractivity contribution in [3.8, 4) is 34.1 Å². The molecule has 4 N–H and O–H groups in total. The highest BCUT2D eigenvalue weighted by atomic mass is 32.1. The molecule has 5 rings (SSSR count). The van der Waals surface area contributed by atoms with Gasteiger partial charge in [-0.1, -0.05) is 18.2 Å². The van der Waals surface area contributed by atoms with Crippen molar-refractivity contribution < 1.29 is 28.9 Å². The molecule has 0 spiro atoms. The predicted molar refractivity (Wildman–Crippen MR) is 163 cm³/mol. The number of carboxylic acids is 1. The Balaban J connectivity index is 0.000000284. The highest BCUT2D eigenvalue weighted by molar-refractivity contribution is 7.79. The molecule has 0 radical (unpaired) electrons. The second kappa shape index (κ2) is 16.7. The minimum Gasteiger partial charge on any atom is -0.516 e. The van der Waals surface area contributed by atoms with E-state index in [0.717, 1.165) is 17.5 Å². The van der Waals surface area contributed by atoms with Crippen LogP contribution in [0, 0.1) is 5.82 Å². The van der Waals surface area contributed by atoms with Crippen LogP contribution in [-0.4, -0.2) is 59.9 Å². The summed E-state index contributed by atoms with van der Waals surface area (Å²) in [7, 11) is 0. The van der Waals surface area contributed by atoms with E-state index in [1.807, 2.05) is 24.4 Å². The van der Waals surface area contributed by atoms with Crippen LogP contribution >= 0.6 is 12.6 Å². The van der Waals surface area contributed by atoms with Gasteiger partial charge >= 0.3 is 5.97 Å². The number of carbonyl (C=O) groups is 2. The minimum atomic E-state index is -1.05. The number of allylic oxidation sites excluding steroid dienone is 1. The molecule has 3 heterocycles. The number of nitrogens with one attached hydrogen (secondary N) is 2. The molecule has 43 heavy (non-hydrogen) atoms. The SMILES string of the molecule is CS.O/C=C/Cn1ccc(-c2ccc(Oc3ncc(-c4ccn[nH]4)cc3F)cc2)n1.O=C(O)CNC(=O)c1ccccc1.